The molecule has 0 spiro atoms. The van der Waals surface area contributed by atoms with Gasteiger partial charge in [0.15, 0.2) is 0 Å². The van der Waals surface area contributed by atoms with E-state index >= 15 is 0 Å². The zero-order valence-electron chi connectivity index (χ0n) is 18.8. The molecule has 1 unspecified atom stereocenters. The second kappa shape index (κ2) is 15.3. The van der Waals surface area contributed by atoms with Crippen molar-refractivity contribution in [3.63, 3.8) is 0 Å². The summed E-state index contributed by atoms with van der Waals surface area (Å²) in [6.07, 6.45) is 11.2. The Hall–Kier alpha value is -1.48. The fourth-order valence-corrected chi connectivity index (χ4v) is 5.66. The van der Waals surface area contributed by atoms with Crippen LogP contribution in [0.4, 0.5) is 4.79 Å². The Morgan fingerprint density at radius 2 is 1.48 bits per heavy atom. The van der Waals surface area contributed by atoms with Crippen molar-refractivity contribution in [2.75, 3.05) is 25.4 Å². The Morgan fingerprint density at radius 1 is 0.871 bits per heavy atom. The molecule has 2 aliphatic rings. The number of carbonyl (C=O) groups excluding carboxylic acids is 3. The Balaban J connectivity index is 1.34. The van der Waals surface area contributed by atoms with Crippen molar-refractivity contribution in [3.05, 3.63) is 0 Å². The molecular formula is C22H41N5O3S. The molecule has 2 aliphatic heterocycles. The number of amides is 4. The zero-order valence-corrected chi connectivity index (χ0v) is 19.6. The SMILES string of the molecule is NCCCCCC(=O)NCCCCCCNC(=O)CCCC[C@@H]1SCC2NC(=O)N[C@@H]21. The van der Waals surface area contributed by atoms with Crippen LogP contribution in [0.15, 0.2) is 0 Å². The van der Waals surface area contributed by atoms with E-state index in [2.05, 4.69) is 21.3 Å². The zero-order chi connectivity index (χ0) is 22.3. The number of carbonyl (C=O) groups is 3. The van der Waals surface area contributed by atoms with Crippen LogP contribution in [0.5, 0.6) is 0 Å². The van der Waals surface area contributed by atoms with Gasteiger partial charge in [-0.25, -0.2) is 4.79 Å². The number of urea groups is 1. The van der Waals surface area contributed by atoms with Crippen LogP contribution in [0.1, 0.15) is 77.0 Å². The standard InChI is InChI=1S/C22H41N5O3S/c23-13-7-3-4-11-19(28)24-14-8-1-2-9-15-25-20(29)12-6-5-10-18-21-17(16-31-18)26-22(30)27-21/h17-18,21H,1-16,23H2,(H,24,28)(H,25,29)(H2,26,27,30)/t17?,18-,21-/m0/s1. The lowest BCUT2D eigenvalue weighted by molar-refractivity contribution is -0.122. The van der Waals surface area contributed by atoms with E-state index < -0.39 is 0 Å². The van der Waals surface area contributed by atoms with Crippen molar-refractivity contribution in [1.29, 1.82) is 0 Å². The van der Waals surface area contributed by atoms with Crippen LogP contribution < -0.4 is 27.0 Å². The predicted octanol–water partition coefficient (Wildman–Crippen LogP) is 2.02. The average Bonchev–Trinajstić information content (AvgIpc) is 3.30. The topological polar surface area (TPSA) is 125 Å². The van der Waals surface area contributed by atoms with Gasteiger partial charge in [-0.2, -0.15) is 11.8 Å². The fourth-order valence-electron chi connectivity index (χ4n) is 4.12. The maximum Gasteiger partial charge on any atom is 0.315 e. The van der Waals surface area contributed by atoms with E-state index in [1.54, 1.807) is 0 Å². The van der Waals surface area contributed by atoms with Crippen LogP contribution in [0, 0.1) is 0 Å². The van der Waals surface area contributed by atoms with Gasteiger partial charge in [0.05, 0.1) is 12.1 Å². The maximum atomic E-state index is 12.0. The lowest BCUT2D eigenvalue weighted by atomic mass is 10.0. The monoisotopic (exact) mass is 455 g/mol. The first-order chi connectivity index (χ1) is 15.1. The third-order valence-electron chi connectivity index (χ3n) is 5.94. The van der Waals surface area contributed by atoms with Crippen LogP contribution in [-0.2, 0) is 9.59 Å². The molecule has 0 aromatic carbocycles. The average molecular weight is 456 g/mol. The van der Waals surface area contributed by atoms with Gasteiger partial charge in [0.25, 0.3) is 0 Å². The highest BCUT2D eigenvalue weighted by atomic mass is 32.2. The molecule has 6 N–H and O–H groups in total. The van der Waals surface area contributed by atoms with Crippen molar-refractivity contribution in [1.82, 2.24) is 21.3 Å². The van der Waals surface area contributed by atoms with Crippen molar-refractivity contribution in [2.24, 2.45) is 5.73 Å². The lowest BCUT2D eigenvalue weighted by Gasteiger charge is -2.16. The molecule has 0 bridgehead atoms. The second-order valence-corrected chi connectivity index (χ2v) is 9.85. The molecule has 3 atom stereocenters. The molecule has 2 fully saturated rings. The molecule has 0 aliphatic carbocycles. The molecule has 0 aromatic rings. The van der Waals surface area contributed by atoms with Gasteiger partial charge in [-0.3, -0.25) is 9.59 Å². The minimum absolute atomic E-state index is 0.0431. The highest BCUT2D eigenvalue weighted by Gasteiger charge is 2.42. The first-order valence-corrected chi connectivity index (χ1v) is 13.1. The van der Waals surface area contributed by atoms with E-state index in [4.69, 9.17) is 5.73 Å². The number of nitrogens with two attached hydrogens (primary N) is 1. The molecule has 2 heterocycles. The predicted molar refractivity (Wildman–Crippen MR) is 126 cm³/mol. The Morgan fingerprint density at radius 3 is 2.13 bits per heavy atom. The summed E-state index contributed by atoms with van der Waals surface area (Å²) in [5, 5.41) is 12.4. The van der Waals surface area contributed by atoms with E-state index in [1.165, 1.54) is 0 Å². The molecule has 0 aromatic heterocycles. The summed E-state index contributed by atoms with van der Waals surface area (Å²) in [5.41, 5.74) is 5.44. The third-order valence-corrected chi connectivity index (χ3v) is 7.45. The summed E-state index contributed by atoms with van der Waals surface area (Å²) in [6.45, 7) is 2.16. The van der Waals surface area contributed by atoms with Gasteiger partial charge < -0.3 is 27.0 Å². The molecule has 8 nitrogen and oxygen atoms in total. The largest absolute Gasteiger partial charge is 0.356 e. The minimum Gasteiger partial charge on any atom is -0.356 e. The summed E-state index contributed by atoms with van der Waals surface area (Å²) in [7, 11) is 0. The number of hydrogen-bond donors (Lipinski definition) is 5. The number of hydrogen-bond acceptors (Lipinski definition) is 5. The first-order valence-electron chi connectivity index (χ1n) is 12.0. The lowest BCUT2D eigenvalue weighted by Crippen LogP contribution is -2.36. The van der Waals surface area contributed by atoms with Gasteiger partial charge in [-0.05, 0) is 45.1 Å². The van der Waals surface area contributed by atoms with Crippen molar-refractivity contribution in [2.45, 2.75) is 94.4 Å². The molecule has 0 radical (unpaired) electrons. The third kappa shape index (κ3) is 10.6. The molecule has 0 saturated carbocycles. The smallest absolute Gasteiger partial charge is 0.315 e. The van der Waals surface area contributed by atoms with Crippen LogP contribution in [-0.4, -0.2) is 60.6 Å². The Bertz CT molecular complexity index is 563. The van der Waals surface area contributed by atoms with E-state index in [0.29, 0.717) is 24.6 Å². The van der Waals surface area contributed by atoms with Gasteiger partial charge in [0, 0.05) is 36.9 Å². The minimum atomic E-state index is -0.0431. The van der Waals surface area contributed by atoms with Gasteiger partial charge in [0.2, 0.25) is 11.8 Å². The van der Waals surface area contributed by atoms with Crippen molar-refractivity contribution < 1.29 is 14.4 Å². The summed E-state index contributed by atoms with van der Waals surface area (Å²) in [4.78, 5) is 35.0. The summed E-state index contributed by atoms with van der Waals surface area (Å²) in [6, 6.07) is 0.480. The van der Waals surface area contributed by atoms with Crippen LogP contribution in [0.2, 0.25) is 0 Å². The molecular weight excluding hydrogens is 414 g/mol. The quantitative estimate of drug-likeness (QED) is 0.169. The molecule has 2 saturated heterocycles. The Kier molecular flexibility index (Phi) is 12.8. The summed E-state index contributed by atoms with van der Waals surface area (Å²) < 4.78 is 0. The normalized spacial score (nSPS) is 22.0. The van der Waals surface area contributed by atoms with Crippen molar-refractivity contribution in [3.8, 4) is 0 Å². The first kappa shape index (κ1) is 25.8. The molecule has 2 rings (SSSR count). The van der Waals surface area contributed by atoms with Gasteiger partial charge in [-0.15, -0.1) is 0 Å². The summed E-state index contributed by atoms with van der Waals surface area (Å²) in [5.74, 6) is 1.26. The number of rotatable bonds is 17. The van der Waals surface area contributed by atoms with E-state index in [-0.39, 0.29) is 29.9 Å². The number of fused-ring (bicyclic) bond motifs is 1. The highest BCUT2D eigenvalue weighted by molar-refractivity contribution is 8.00. The number of unbranched alkanes of at least 4 members (excludes halogenated alkanes) is 6. The number of thioether (sulfide) groups is 1. The fraction of sp³-hybridized carbons (Fsp3) is 0.864. The van der Waals surface area contributed by atoms with Gasteiger partial charge in [0.1, 0.15) is 0 Å². The van der Waals surface area contributed by atoms with Crippen molar-refractivity contribution >= 4 is 29.6 Å². The second-order valence-electron chi connectivity index (χ2n) is 8.58. The highest BCUT2D eigenvalue weighted by Crippen LogP contribution is 2.33. The molecule has 178 valence electrons. The summed E-state index contributed by atoms with van der Waals surface area (Å²) >= 11 is 1.92. The van der Waals surface area contributed by atoms with E-state index in [9.17, 15) is 14.4 Å². The van der Waals surface area contributed by atoms with Crippen LogP contribution in [0.3, 0.4) is 0 Å². The van der Waals surface area contributed by atoms with Crippen LogP contribution >= 0.6 is 11.8 Å². The maximum absolute atomic E-state index is 12.0. The molecule has 31 heavy (non-hydrogen) atoms. The number of nitrogens with one attached hydrogen (secondary N) is 4. The molecule has 9 heteroatoms. The molecule has 4 amide bonds. The Labute approximate surface area is 191 Å². The van der Waals surface area contributed by atoms with E-state index in [1.807, 2.05) is 11.8 Å². The van der Waals surface area contributed by atoms with E-state index in [0.717, 1.165) is 83.1 Å². The van der Waals surface area contributed by atoms with Crippen LogP contribution in [0.25, 0.3) is 0 Å². The van der Waals surface area contributed by atoms with Gasteiger partial charge >= 0.3 is 6.03 Å². The van der Waals surface area contributed by atoms with Gasteiger partial charge in [-0.1, -0.05) is 25.7 Å².